The standard InChI is InChI=1S/C6H7Cl3N2/c1-2-4(3-10)5(11)6(7,8)9/h2,11H2,1H3/b5-4+. The molecule has 0 rings (SSSR count). The average Bonchev–Trinajstić information content (AvgIpc) is 1.88. The summed E-state index contributed by atoms with van der Waals surface area (Å²) in [6.45, 7) is 1.77. The number of rotatable bonds is 1. The van der Waals surface area contributed by atoms with E-state index in [0.717, 1.165) is 0 Å². The lowest BCUT2D eigenvalue weighted by Gasteiger charge is -2.12. The Morgan fingerprint density at radius 3 is 2.09 bits per heavy atom. The molecule has 0 amide bonds. The molecule has 0 radical (unpaired) electrons. The quantitative estimate of drug-likeness (QED) is 0.537. The van der Waals surface area contributed by atoms with Gasteiger partial charge in [0.15, 0.2) is 0 Å². The number of hydrogen-bond donors (Lipinski definition) is 1. The Morgan fingerprint density at radius 2 is 2.00 bits per heavy atom. The van der Waals surface area contributed by atoms with Gasteiger partial charge in [0.25, 0.3) is 0 Å². The molecule has 11 heavy (non-hydrogen) atoms. The van der Waals surface area contributed by atoms with Crippen LogP contribution in [0.3, 0.4) is 0 Å². The molecule has 0 bridgehead atoms. The highest BCUT2D eigenvalue weighted by Gasteiger charge is 2.26. The molecule has 5 heteroatoms. The highest BCUT2D eigenvalue weighted by atomic mass is 35.6. The highest BCUT2D eigenvalue weighted by Crippen LogP contribution is 2.33. The number of allylic oxidation sites excluding steroid dienone is 2. The van der Waals surface area contributed by atoms with Gasteiger partial charge in [-0.3, -0.25) is 0 Å². The van der Waals surface area contributed by atoms with Crippen LogP contribution in [0.5, 0.6) is 0 Å². The fourth-order valence-corrected chi connectivity index (χ4v) is 0.843. The smallest absolute Gasteiger partial charge is 0.230 e. The van der Waals surface area contributed by atoms with Gasteiger partial charge in [-0.15, -0.1) is 0 Å². The normalized spacial score (nSPS) is 13.7. The van der Waals surface area contributed by atoms with Crippen LogP contribution in [0, 0.1) is 11.3 Å². The largest absolute Gasteiger partial charge is 0.398 e. The van der Waals surface area contributed by atoms with Crippen molar-refractivity contribution in [2.45, 2.75) is 17.1 Å². The third kappa shape index (κ3) is 3.20. The molecule has 0 aromatic rings. The first-order chi connectivity index (χ1) is 4.93. The maximum absolute atomic E-state index is 8.50. The Kier molecular flexibility index (Phi) is 4.02. The summed E-state index contributed by atoms with van der Waals surface area (Å²) in [5.74, 6) is 0. The third-order valence-corrected chi connectivity index (χ3v) is 1.73. The molecule has 0 aromatic heterocycles. The van der Waals surface area contributed by atoms with Crippen LogP contribution in [0.25, 0.3) is 0 Å². The van der Waals surface area contributed by atoms with Gasteiger partial charge in [0.2, 0.25) is 3.79 Å². The second-order valence-electron chi connectivity index (χ2n) is 1.86. The second-order valence-corrected chi connectivity index (χ2v) is 4.14. The summed E-state index contributed by atoms with van der Waals surface area (Å²) in [5, 5.41) is 8.50. The molecule has 0 saturated heterocycles. The minimum Gasteiger partial charge on any atom is -0.398 e. The van der Waals surface area contributed by atoms with Crippen molar-refractivity contribution in [1.29, 1.82) is 5.26 Å². The average molecular weight is 213 g/mol. The van der Waals surface area contributed by atoms with Crippen molar-refractivity contribution in [1.82, 2.24) is 0 Å². The summed E-state index contributed by atoms with van der Waals surface area (Å²) in [6, 6.07) is 1.86. The molecule has 0 atom stereocenters. The summed E-state index contributed by atoms with van der Waals surface area (Å²) >= 11 is 16.3. The fraction of sp³-hybridized carbons (Fsp3) is 0.500. The predicted molar refractivity (Wildman–Crippen MR) is 47.4 cm³/mol. The topological polar surface area (TPSA) is 49.8 Å². The minimum absolute atomic E-state index is 0.00694. The van der Waals surface area contributed by atoms with E-state index in [0.29, 0.717) is 12.0 Å². The van der Waals surface area contributed by atoms with Crippen LogP contribution in [0.4, 0.5) is 0 Å². The van der Waals surface area contributed by atoms with Crippen molar-refractivity contribution >= 4 is 34.8 Å². The van der Waals surface area contributed by atoms with Gasteiger partial charge in [0.1, 0.15) is 0 Å². The van der Waals surface area contributed by atoms with Gasteiger partial charge >= 0.3 is 0 Å². The van der Waals surface area contributed by atoms with Gasteiger partial charge in [-0.1, -0.05) is 41.7 Å². The monoisotopic (exact) mass is 212 g/mol. The van der Waals surface area contributed by atoms with E-state index in [2.05, 4.69) is 0 Å². The highest BCUT2D eigenvalue weighted by molar-refractivity contribution is 6.69. The molecule has 2 N–H and O–H groups in total. The van der Waals surface area contributed by atoms with Crippen LogP contribution in [0.15, 0.2) is 11.3 Å². The van der Waals surface area contributed by atoms with E-state index in [1.54, 1.807) is 6.92 Å². The van der Waals surface area contributed by atoms with E-state index in [-0.39, 0.29) is 5.70 Å². The van der Waals surface area contributed by atoms with E-state index in [4.69, 9.17) is 45.8 Å². The summed E-state index contributed by atoms with van der Waals surface area (Å²) in [5.41, 5.74) is 5.69. The number of nitrogens with zero attached hydrogens (tertiary/aromatic N) is 1. The summed E-state index contributed by atoms with van der Waals surface area (Å²) in [4.78, 5) is 0. The summed E-state index contributed by atoms with van der Waals surface area (Å²) < 4.78 is -1.67. The number of alkyl halides is 3. The van der Waals surface area contributed by atoms with Crippen LogP contribution in [0.2, 0.25) is 0 Å². The zero-order valence-corrected chi connectivity index (χ0v) is 8.13. The Morgan fingerprint density at radius 1 is 1.55 bits per heavy atom. The first-order valence-corrected chi connectivity index (χ1v) is 4.02. The maximum atomic E-state index is 8.50. The van der Waals surface area contributed by atoms with E-state index >= 15 is 0 Å². The molecule has 0 aliphatic carbocycles. The number of nitriles is 1. The SMILES string of the molecule is CC/C(C#N)=C(\N)C(Cl)(Cl)Cl. The van der Waals surface area contributed by atoms with Gasteiger partial charge in [-0.2, -0.15) is 5.26 Å². The van der Waals surface area contributed by atoms with Gasteiger partial charge in [0.05, 0.1) is 17.3 Å². The zero-order valence-electron chi connectivity index (χ0n) is 5.87. The molecule has 0 aliphatic rings. The molecule has 0 aromatic carbocycles. The molecule has 62 valence electrons. The molecule has 0 spiro atoms. The van der Waals surface area contributed by atoms with E-state index in [1.165, 1.54) is 0 Å². The Balaban J connectivity index is 4.81. The molecule has 0 aliphatic heterocycles. The van der Waals surface area contributed by atoms with Gasteiger partial charge < -0.3 is 5.73 Å². The first-order valence-electron chi connectivity index (χ1n) is 2.89. The first kappa shape index (κ1) is 10.9. The zero-order chi connectivity index (χ0) is 9.07. The van der Waals surface area contributed by atoms with Crippen LogP contribution in [0.1, 0.15) is 13.3 Å². The van der Waals surface area contributed by atoms with Gasteiger partial charge in [-0.25, -0.2) is 0 Å². The minimum atomic E-state index is -1.67. The van der Waals surface area contributed by atoms with E-state index < -0.39 is 3.79 Å². The van der Waals surface area contributed by atoms with Crippen molar-refractivity contribution in [2.24, 2.45) is 5.73 Å². The van der Waals surface area contributed by atoms with Crippen molar-refractivity contribution in [3.8, 4) is 6.07 Å². The predicted octanol–water partition coefficient (Wildman–Crippen LogP) is 2.50. The number of hydrogen-bond acceptors (Lipinski definition) is 2. The van der Waals surface area contributed by atoms with Crippen LogP contribution in [-0.2, 0) is 0 Å². The Bertz CT molecular complexity index is 209. The van der Waals surface area contributed by atoms with E-state index in [9.17, 15) is 0 Å². The molecular weight excluding hydrogens is 206 g/mol. The van der Waals surface area contributed by atoms with Crippen LogP contribution < -0.4 is 5.73 Å². The Hall–Kier alpha value is -0.100. The molecule has 0 fully saturated rings. The second kappa shape index (κ2) is 4.06. The molecule has 0 heterocycles. The van der Waals surface area contributed by atoms with Crippen LogP contribution >= 0.6 is 34.8 Å². The summed E-state index contributed by atoms with van der Waals surface area (Å²) in [7, 11) is 0. The fourth-order valence-electron chi connectivity index (χ4n) is 0.501. The van der Waals surface area contributed by atoms with Crippen molar-refractivity contribution in [3.05, 3.63) is 11.3 Å². The van der Waals surface area contributed by atoms with Gasteiger partial charge in [-0.05, 0) is 6.42 Å². The number of halogens is 3. The lowest BCUT2D eigenvalue weighted by molar-refractivity contribution is 1.05. The third-order valence-electron chi connectivity index (χ3n) is 1.12. The molecular formula is C6H7Cl3N2. The van der Waals surface area contributed by atoms with Crippen LogP contribution in [-0.4, -0.2) is 3.79 Å². The number of nitrogens with two attached hydrogens (primary N) is 1. The maximum Gasteiger partial charge on any atom is 0.230 e. The van der Waals surface area contributed by atoms with Gasteiger partial charge in [0, 0.05) is 0 Å². The molecule has 2 nitrogen and oxygen atoms in total. The van der Waals surface area contributed by atoms with Crippen molar-refractivity contribution in [2.75, 3.05) is 0 Å². The molecule has 0 unspecified atom stereocenters. The summed E-state index contributed by atoms with van der Waals surface area (Å²) in [6.07, 6.45) is 0.468. The lowest BCUT2D eigenvalue weighted by Crippen LogP contribution is -2.17. The van der Waals surface area contributed by atoms with E-state index in [1.807, 2.05) is 6.07 Å². The molecule has 0 saturated carbocycles. The van der Waals surface area contributed by atoms with Crippen molar-refractivity contribution < 1.29 is 0 Å². The Labute approximate surface area is 80.5 Å². The lowest BCUT2D eigenvalue weighted by atomic mass is 10.2. The van der Waals surface area contributed by atoms with Crippen molar-refractivity contribution in [3.63, 3.8) is 0 Å².